The van der Waals surface area contributed by atoms with Crippen molar-refractivity contribution < 1.29 is 9.72 Å². The molecule has 0 radical (unpaired) electrons. The van der Waals surface area contributed by atoms with Crippen molar-refractivity contribution in [3.8, 4) is 0 Å². The fourth-order valence-corrected chi connectivity index (χ4v) is 3.70. The van der Waals surface area contributed by atoms with Gasteiger partial charge >= 0.3 is 0 Å². The molecule has 30 heavy (non-hydrogen) atoms. The SMILES string of the molecule is CCNC(=NCC1(C(=O)N(C)C)CCCC1)NCCNc1ccccc1[N+](=O)[O-].I. The Bertz CT molecular complexity index is 735. The first-order valence-electron chi connectivity index (χ1n) is 10.1. The molecular weight excluding hydrogens is 499 g/mol. The minimum Gasteiger partial charge on any atom is -0.378 e. The Morgan fingerprint density at radius 1 is 1.20 bits per heavy atom. The number of nitro groups is 1. The number of amides is 1. The highest BCUT2D eigenvalue weighted by Crippen LogP contribution is 2.39. The van der Waals surface area contributed by atoms with E-state index in [1.54, 1.807) is 37.2 Å². The molecule has 0 saturated heterocycles. The maximum atomic E-state index is 12.7. The van der Waals surface area contributed by atoms with E-state index in [-0.39, 0.29) is 35.6 Å². The highest BCUT2D eigenvalue weighted by molar-refractivity contribution is 14.0. The van der Waals surface area contributed by atoms with E-state index in [0.29, 0.717) is 37.8 Å². The molecule has 1 aromatic rings. The van der Waals surface area contributed by atoms with Gasteiger partial charge in [0.2, 0.25) is 5.91 Å². The van der Waals surface area contributed by atoms with Gasteiger partial charge in [-0.1, -0.05) is 25.0 Å². The maximum Gasteiger partial charge on any atom is 0.292 e. The summed E-state index contributed by atoms with van der Waals surface area (Å²) >= 11 is 0. The molecule has 1 aliphatic rings. The summed E-state index contributed by atoms with van der Waals surface area (Å²) in [5, 5.41) is 20.6. The molecule has 0 heterocycles. The van der Waals surface area contributed by atoms with Gasteiger partial charge in [-0.15, -0.1) is 24.0 Å². The third-order valence-electron chi connectivity index (χ3n) is 5.14. The lowest BCUT2D eigenvalue weighted by molar-refractivity contribution is -0.384. The molecule has 1 saturated carbocycles. The molecule has 10 heteroatoms. The van der Waals surface area contributed by atoms with Crippen molar-refractivity contribution >= 4 is 47.2 Å². The first kappa shape index (κ1) is 25.9. The van der Waals surface area contributed by atoms with Crippen LogP contribution in [0.2, 0.25) is 0 Å². The van der Waals surface area contributed by atoms with Gasteiger partial charge in [-0.3, -0.25) is 19.9 Å². The summed E-state index contributed by atoms with van der Waals surface area (Å²) in [4.78, 5) is 29.7. The van der Waals surface area contributed by atoms with E-state index >= 15 is 0 Å². The number of guanidine groups is 1. The van der Waals surface area contributed by atoms with Crippen molar-refractivity contribution in [2.24, 2.45) is 10.4 Å². The van der Waals surface area contributed by atoms with Gasteiger partial charge in [0.1, 0.15) is 5.69 Å². The fraction of sp³-hybridized carbons (Fsp3) is 0.600. The Kier molecular flexibility index (Phi) is 10.8. The molecule has 0 bridgehead atoms. The van der Waals surface area contributed by atoms with Crippen LogP contribution in [0.4, 0.5) is 11.4 Å². The number of halogens is 1. The van der Waals surface area contributed by atoms with Gasteiger partial charge in [-0.25, -0.2) is 0 Å². The molecule has 168 valence electrons. The standard InChI is InChI=1S/C20H32N6O3.HI/c1-4-21-19(24-15-20(11-7-8-12-20)18(27)25(2)3)23-14-13-22-16-9-5-6-10-17(16)26(28)29;/h5-6,9-10,22H,4,7-8,11-15H2,1-3H3,(H2,21,23,24);1H. The number of carbonyl (C=O) groups is 1. The van der Waals surface area contributed by atoms with Crippen molar-refractivity contribution in [2.45, 2.75) is 32.6 Å². The van der Waals surface area contributed by atoms with Crippen LogP contribution in [0, 0.1) is 15.5 Å². The maximum absolute atomic E-state index is 12.7. The van der Waals surface area contributed by atoms with E-state index in [1.807, 2.05) is 6.92 Å². The average molecular weight is 532 g/mol. The molecule has 0 unspecified atom stereocenters. The number of hydrogen-bond donors (Lipinski definition) is 3. The number of anilines is 1. The minimum absolute atomic E-state index is 0. The molecule has 2 rings (SSSR count). The van der Waals surface area contributed by atoms with E-state index in [9.17, 15) is 14.9 Å². The molecule has 0 aromatic heterocycles. The van der Waals surface area contributed by atoms with Gasteiger partial charge in [0.15, 0.2) is 5.96 Å². The van der Waals surface area contributed by atoms with Gasteiger partial charge in [-0.2, -0.15) is 0 Å². The molecule has 1 fully saturated rings. The third-order valence-corrected chi connectivity index (χ3v) is 5.14. The van der Waals surface area contributed by atoms with Crippen LogP contribution >= 0.6 is 24.0 Å². The van der Waals surface area contributed by atoms with Crippen molar-refractivity contribution in [3.05, 3.63) is 34.4 Å². The summed E-state index contributed by atoms with van der Waals surface area (Å²) in [5.41, 5.74) is 0.135. The van der Waals surface area contributed by atoms with Crippen molar-refractivity contribution in [1.82, 2.24) is 15.5 Å². The second kappa shape index (κ2) is 12.6. The first-order chi connectivity index (χ1) is 13.9. The van der Waals surface area contributed by atoms with Crippen molar-refractivity contribution in [3.63, 3.8) is 0 Å². The monoisotopic (exact) mass is 532 g/mol. The number of benzene rings is 1. The number of aliphatic imine (C=N–C) groups is 1. The summed E-state index contributed by atoms with van der Waals surface area (Å²) in [5.74, 6) is 0.794. The first-order valence-corrected chi connectivity index (χ1v) is 10.1. The fourth-order valence-electron chi connectivity index (χ4n) is 3.70. The van der Waals surface area contributed by atoms with Crippen LogP contribution in [0.25, 0.3) is 0 Å². The lowest BCUT2D eigenvalue weighted by Gasteiger charge is -2.29. The van der Waals surface area contributed by atoms with Gasteiger partial charge in [0.05, 0.1) is 16.9 Å². The van der Waals surface area contributed by atoms with Gasteiger partial charge in [0, 0.05) is 39.8 Å². The number of nitrogens with one attached hydrogen (secondary N) is 3. The van der Waals surface area contributed by atoms with E-state index in [4.69, 9.17) is 0 Å². The van der Waals surface area contributed by atoms with Crippen LogP contribution in [-0.2, 0) is 4.79 Å². The average Bonchev–Trinajstić information content (AvgIpc) is 3.18. The quantitative estimate of drug-likeness (QED) is 0.113. The lowest BCUT2D eigenvalue weighted by Crippen LogP contribution is -2.43. The lowest BCUT2D eigenvalue weighted by atomic mass is 9.85. The van der Waals surface area contributed by atoms with Crippen molar-refractivity contribution in [1.29, 1.82) is 0 Å². The Morgan fingerprint density at radius 3 is 2.47 bits per heavy atom. The highest BCUT2D eigenvalue weighted by Gasteiger charge is 2.42. The van der Waals surface area contributed by atoms with Crippen LogP contribution in [0.3, 0.4) is 0 Å². The molecule has 0 aliphatic heterocycles. The summed E-state index contributed by atoms with van der Waals surface area (Å²) < 4.78 is 0. The zero-order valence-electron chi connectivity index (χ0n) is 17.9. The summed E-state index contributed by atoms with van der Waals surface area (Å²) in [6, 6.07) is 6.57. The Morgan fingerprint density at radius 2 is 1.87 bits per heavy atom. The van der Waals surface area contributed by atoms with E-state index in [2.05, 4.69) is 20.9 Å². The second-order valence-corrected chi connectivity index (χ2v) is 7.51. The van der Waals surface area contributed by atoms with Crippen LogP contribution in [0.15, 0.2) is 29.3 Å². The molecule has 0 atom stereocenters. The molecule has 1 aliphatic carbocycles. The zero-order valence-corrected chi connectivity index (χ0v) is 20.3. The normalized spacial score (nSPS) is 15.1. The Labute approximate surface area is 195 Å². The van der Waals surface area contributed by atoms with E-state index < -0.39 is 10.3 Å². The van der Waals surface area contributed by atoms with Crippen LogP contribution in [0.1, 0.15) is 32.6 Å². The minimum atomic E-state index is -0.408. The third kappa shape index (κ3) is 6.99. The number of hydrogen-bond acceptors (Lipinski definition) is 5. The van der Waals surface area contributed by atoms with Gasteiger partial charge < -0.3 is 20.9 Å². The number of nitro benzene ring substituents is 1. The highest BCUT2D eigenvalue weighted by atomic mass is 127. The number of rotatable bonds is 9. The Balaban J connectivity index is 0.00000450. The van der Waals surface area contributed by atoms with Gasteiger partial charge in [-0.05, 0) is 25.8 Å². The number of para-hydroxylation sites is 2. The molecule has 0 spiro atoms. The molecule has 1 aromatic carbocycles. The Hall–Kier alpha value is -2.11. The molecule has 3 N–H and O–H groups in total. The van der Waals surface area contributed by atoms with E-state index in [0.717, 1.165) is 25.7 Å². The van der Waals surface area contributed by atoms with Crippen molar-refractivity contribution in [2.75, 3.05) is 45.6 Å². The summed E-state index contributed by atoms with van der Waals surface area (Å²) in [7, 11) is 3.59. The summed E-state index contributed by atoms with van der Waals surface area (Å²) in [6.07, 6.45) is 3.84. The molecular formula is C20H33IN6O3. The number of carbonyl (C=O) groups excluding carboxylic acids is 1. The van der Waals surface area contributed by atoms with Gasteiger partial charge in [0.25, 0.3) is 5.69 Å². The van der Waals surface area contributed by atoms with Crippen LogP contribution in [0.5, 0.6) is 0 Å². The molecule has 1 amide bonds. The topological polar surface area (TPSA) is 112 Å². The number of nitrogens with zero attached hydrogens (tertiary/aromatic N) is 3. The predicted molar refractivity (Wildman–Crippen MR) is 131 cm³/mol. The van der Waals surface area contributed by atoms with Crippen LogP contribution < -0.4 is 16.0 Å². The molecule has 9 nitrogen and oxygen atoms in total. The van der Waals surface area contributed by atoms with E-state index in [1.165, 1.54) is 6.07 Å². The van der Waals surface area contributed by atoms with Crippen LogP contribution in [-0.4, -0.2) is 62.0 Å². The smallest absolute Gasteiger partial charge is 0.292 e. The largest absolute Gasteiger partial charge is 0.378 e. The second-order valence-electron chi connectivity index (χ2n) is 7.51. The predicted octanol–water partition coefficient (Wildman–Crippen LogP) is 2.83. The summed E-state index contributed by atoms with van der Waals surface area (Å²) in [6.45, 7) is 4.18. The zero-order chi connectivity index (χ0) is 21.3.